The van der Waals surface area contributed by atoms with E-state index in [9.17, 15) is 9.59 Å². The van der Waals surface area contributed by atoms with Gasteiger partial charge in [0.15, 0.2) is 0 Å². The molecule has 0 aromatic carbocycles. The zero-order valence-electron chi connectivity index (χ0n) is 10.4. The number of rotatable bonds is 3. The monoisotopic (exact) mass is 272 g/mol. The zero-order valence-corrected chi connectivity index (χ0v) is 11.2. The zero-order chi connectivity index (χ0) is 13.0. The molecule has 102 valence electrons. The molecule has 2 amide bonds. The highest BCUT2D eigenvalue weighted by molar-refractivity contribution is 7.99. The van der Waals surface area contributed by atoms with Crippen LogP contribution in [-0.2, 0) is 4.79 Å². The molecule has 2 fully saturated rings. The van der Waals surface area contributed by atoms with Crippen LogP contribution in [0.5, 0.6) is 0 Å². The number of likely N-dealkylation sites (tertiary alicyclic amines) is 1. The minimum absolute atomic E-state index is 0.217. The van der Waals surface area contributed by atoms with Gasteiger partial charge in [-0.2, -0.15) is 11.8 Å². The first-order chi connectivity index (χ1) is 8.68. The fourth-order valence-corrected chi connectivity index (χ4v) is 3.78. The lowest BCUT2D eigenvalue weighted by Crippen LogP contribution is -2.47. The van der Waals surface area contributed by atoms with Crippen LogP contribution in [0.1, 0.15) is 32.1 Å². The summed E-state index contributed by atoms with van der Waals surface area (Å²) in [4.78, 5) is 24.4. The van der Waals surface area contributed by atoms with Crippen molar-refractivity contribution in [2.75, 3.05) is 18.8 Å². The number of carbonyl (C=O) groups is 2. The maximum atomic E-state index is 11.9. The summed E-state index contributed by atoms with van der Waals surface area (Å²) in [6, 6.07) is -0.852. The summed E-state index contributed by atoms with van der Waals surface area (Å²) in [5.41, 5.74) is 0. The first-order valence-electron chi connectivity index (χ1n) is 6.57. The third-order valence-electron chi connectivity index (χ3n) is 3.55. The summed E-state index contributed by atoms with van der Waals surface area (Å²) in [5.74, 6) is 0.275. The van der Waals surface area contributed by atoms with Crippen LogP contribution in [-0.4, -0.2) is 52.1 Å². The van der Waals surface area contributed by atoms with E-state index >= 15 is 0 Å². The molecule has 2 aliphatic rings. The fourth-order valence-electron chi connectivity index (χ4n) is 2.54. The molecule has 0 aromatic heterocycles. The SMILES string of the molecule is O=C(O)C1CCCN1C(=O)NCC1CCCCS1. The Balaban J connectivity index is 1.78. The standard InChI is InChI=1S/C12H20N2O3S/c15-11(16)10-5-3-6-14(10)12(17)13-8-9-4-1-2-7-18-9/h9-10H,1-8H2,(H,13,17)(H,15,16). The van der Waals surface area contributed by atoms with Gasteiger partial charge < -0.3 is 15.3 Å². The van der Waals surface area contributed by atoms with Gasteiger partial charge in [0, 0.05) is 18.3 Å². The van der Waals surface area contributed by atoms with E-state index in [1.807, 2.05) is 11.8 Å². The van der Waals surface area contributed by atoms with Crippen molar-refractivity contribution in [2.45, 2.75) is 43.4 Å². The number of thioether (sulfide) groups is 1. The van der Waals surface area contributed by atoms with Gasteiger partial charge in [0.1, 0.15) is 6.04 Å². The molecule has 2 saturated heterocycles. The van der Waals surface area contributed by atoms with E-state index < -0.39 is 12.0 Å². The van der Waals surface area contributed by atoms with Crippen molar-refractivity contribution in [2.24, 2.45) is 0 Å². The molecule has 0 radical (unpaired) electrons. The van der Waals surface area contributed by atoms with Gasteiger partial charge in [-0.05, 0) is 31.4 Å². The lowest BCUT2D eigenvalue weighted by molar-refractivity contribution is -0.141. The van der Waals surface area contributed by atoms with Crippen LogP contribution in [0.3, 0.4) is 0 Å². The number of nitrogens with one attached hydrogen (secondary N) is 1. The number of amides is 2. The van der Waals surface area contributed by atoms with Crippen LogP contribution >= 0.6 is 11.8 Å². The molecule has 0 aromatic rings. The van der Waals surface area contributed by atoms with Crippen LogP contribution in [0.15, 0.2) is 0 Å². The average molecular weight is 272 g/mol. The van der Waals surface area contributed by atoms with Crippen LogP contribution in [0.2, 0.25) is 0 Å². The minimum atomic E-state index is -0.894. The van der Waals surface area contributed by atoms with E-state index in [0.29, 0.717) is 24.8 Å². The van der Waals surface area contributed by atoms with Gasteiger partial charge in [-0.25, -0.2) is 9.59 Å². The molecule has 0 saturated carbocycles. The number of hydrogen-bond acceptors (Lipinski definition) is 3. The molecule has 2 heterocycles. The van der Waals surface area contributed by atoms with E-state index in [2.05, 4.69) is 5.32 Å². The fraction of sp³-hybridized carbons (Fsp3) is 0.833. The molecule has 0 bridgehead atoms. The molecular weight excluding hydrogens is 252 g/mol. The Morgan fingerprint density at radius 1 is 1.28 bits per heavy atom. The molecule has 2 unspecified atom stereocenters. The maximum Gasteiger partial charge on any atom is 0.326 e. The molecular formula is C12H20N2O3S. The smallest absolute Gasteiger partial charge is 0.326 e. The first-order valence-corrected chi connectivity index (χ1v) is 7.62. The van der Waals surface area contributed by atoms with E-state index in [0.717, 1.165) is 12.8 Å². The second kappa shape index (κ2) is 6.31. The van der Waals surface area contributed by atoms with Crippen molar-refractivity contribution in [1.29, 1.82) is 0 Å². The van der Waals surface area contributed by atoms with Crippen molar-refractivity contribution in [3.63, 3.8) is 0 Å². The van der Waals surface area contributed by atoms with Crippen molar-refractivity contribution in [1.82, 2.24) is 10.2 Å². The topological polar surface area (TPSA) is 69.6 Å². The summed E-state index contributed by atoms with van der Waals surface area (Å²) in [6.45, 7) is 1.22. The van der Waals surface area contributed by atoms with Gasteiger partial charge in [0.05, 0.1) is 0 Å². The van der Waals surface area contributed by atoms with Crippen LogP contribution < -0.4 is 5.32 Å². The van der Waals surface area contributed by atoms with E-state index in [-0.39, 0.29) is 6.03 Å². The van der Waals surface area contributed by atoms with Gasteiger partial charge in [-0.15, -0.1) is 0 Å². The van der Waals surface area contributed by atoms with Crippen molar-refractivity contribution < 1.29 is 14.7 Å². The van der Waals surface area contributed by atoms with Gasteiger partial charge in [-0.1, -0.05) is 6.42 Å². The van der Waals surface area contributed by atoms with Gasteiger partial charge >= 0.3 is 12.0 Å². The summed E-state index contributed by atoms with van der Waals surface area (Å²) in [5, 5.41) is 12.4. The van der Waals surface area contributed by atoms with Crippen LogP contribution in [0.25, 0.3) is 0 Å². The van der Waals surface area contributed by atoms with Crippen molar-refractivity contribution in [3.05, 3.63) is 0 Å². The third-order valence-corrected chi connectivity index (χ3v) is 4.95. The Morgan fingerprint density at radius 3 is 2.78 bits per heavy atom. The highest BCUT2D eigenvalue weighted by Gasteiger charge is 2.34. The highest BCUT2D eigenvalue weighted by atomic mass is 32.2. The lowest BCUT2D eigenvalue weighted by Gasteiger charge is -2.25. The second-order valence-electron chi connectivity index (χ2n) is 4.86. The minimum Gasteiger partial charge on any atom is -0.480 e. The summed E-state index contributed by atoms with van der Waals surface area (Å²) in [6.07, 6.45) is 4.99. The maximum absolute atomic E-state index is 11.9. The van der Waals surface area contributed by atoms with Crippen molar-refractivity contribution in [3.8, 4) is 0 Å². The largest absolute Gasteiger partial charge is 0.480 e. The summed E-state index contributed by atoms with van der Waals surface area (Å²) < 4.78 is 0. The molecule has 6 heteroatoms. The molecule has 5 nitrogen and oxygen atoms in total. The van der Waals surface area contributed by atoms with Gasteiger partial charge in [0.25, 0.3) is 0 Å². The number of carbonyl (C=O) groups excluding carboxylic acids is 1. The molecule has 0 spiro atoms. The summed E-state index contributed by atoms with van der Waals surface area (Å²) in [7, 11) is 0. The first kappa shape index (κ1) is 13.5. The molecule has 2 aliphatic heterocycles. The predicted molar refractivity (Wildman–Crippen MR) is 70.9 cm³/mol. The average Bonchev–Trinajstić information content (AvgIpc) is 2.86. The quantitative estimate of drug-likeness (QED) is 0.817. The Kier molecular flexibility index (Phi) is 4.74. The Labute approximate surface area is 111 Å². The molecule has 2 rings (SSSR count). The summed E-state index contributed by atoms with van der Waals surface area (Å²) >= 11 is 1.91. The van der Waals surface area contributed by atoms with Crippen LogP contribution in [0.4, 0.5) is 4.79 Å². The van der Waals surface area contributed by atoms with E-state index in [1.165, 1.54) is 23.5 Å². The van der Waals surface area contributed by atoms with Crippen molar-refractivity contribution >= 4 is 23.8 Å². The second-order valence-corrected chi connectivity index (χ2v) is 6.27. The molecule has 18 heavy (non-hydrogen) atoms. The molecule has 2 N–H and O–H groups in total. The lowest BCUT2D eigenvalue weighted by atomic mass is 10.2. The molecule has 0 aliphatic carbocycles. The van der Waals surface area contributed by atoms with E-state index in [4.69, 9.17) is 5.11 Å². The van der Waals surface area contributed by atoms with Gasteiger partial charge in [-0.3, -0.25) is 0 Å². The number of aliphatic carboxylic acids is 1. The number of urea groups is 1. The van der Waals surface area contributed by atoms with Gasteiger partial charge in [0.2, 0.25) is 0 Å². The highest BCUT2D eigenvalue weighted by Crippen LogP contribution is 2.24. The Bertz CT molecular complexity index is 318. The number of carboxylic acid groups (broad SMARTS) is 1. The normalized spacial score (nSPS) is 28.1. The van der Waals surface area contributed by atoms with E-state index in [1.54, 1.807) is 0 Å². The number of nitrogens with zero attached hydrogens (tertiary/aromatic N) is 1. The third kappa shape index (κ3) is 3.31. The van der Waals surface area contributed by atoms with Crippen LogP contribution in [0, 0.1) is 0 Å². The molecule has 2 atom stereocenters. The number of carboxylic acids is 1. The Morgan fingerprint density at radius 2 is 2.11 bits per heavy atom. The number of hydrogen-bond donors (Lipinski definition) is 2. The predicted octanol–water partition coefficient (Wildman–Crippen LogP) is 1.53. The Hall–Kier alpha value is -0.910.